The Kier molecular flexibility index (Phi) is 1.88. The van der Waals surface area contributed by atoms with Gasteiger partial charge in [0.05, 0.1) is 30.0 Å². The van der Waals surface area contributed by atoms with Crippen molar-refractivity contribution in [3.63, 3.8) is 0 Å². The fourth-order valence-corrected chi connectivity index (χ4v) is 2.99. The number of rotatable bonds is 1. The number of hydrogen-bond acceptors (Lipinski definition) is 5. The molecule has 1 aromatic rings. The number of nitrogens with zero attached hydrogens (tertiary/aromatic N) is 1. The molecule has 76 valence electrons. The third-order valence-electron chi connectivity index (χ3n) is 2.11. The highest BCUT2D eigenvalue weighted by atomic mass is 32.2. The summed E-state index contributed by atoms with van der Waals surface area (Å²) in [7, 11) is -1.57. The number of pyridine rings is 1. The molecule has 2 heterocycles. The topological polar surface area (TPSA) is 82.3 Å². The van der Waals surface area contributed by atoms with Crippen LogP contribution in [0.25, 0.3) is 0 Å². The van der Waals surface area contributed by atoms with Crippen LogP contribution in [0.2, 0.25) is 0 Å². The molecule has 6 heteroatoms. The first-order chi connectivity index (χ1) is 6.52. The Balaban J connectivity index is 2.55. The molecule has 0 aliphatic carbocycles. The van der Waals surface area contributed by atoms with E-state index in [1.165, 1.54) is 7.11 Å². The number of nitrogen functional groups attached to an aromatic ring is 1. The summed E-state index contributed by atoms with van der Waals surface area (Å²) in [5, 5.41) is 0. The molecule has 14 heavy (non-hydrogen) atoms. The van der Waals surface area contributed by atoms with Gasteiger partial charge in [0.25, 0.3) is 0 Å². The van der Waals surface area contributed by atoms with Gasteiger partial charge in [0, 0.05) is 0 Å². The average Bonchev–Trinajstić information content (AvgIpc) is 2.36. The van der Waals surface area contributed by atoms with Crippen molar-refractivity contribution in [1.82, 2.24) is 4.98 Å². The molecular formula is C8H10N2O3S. The van der Waals surface area contributed by atoms with Crippen molar-refractivity contribution in [3.05, 3.63) is 17.3 Å². The fraction of sp³-hybridized carbons (Fsp3) is 0.375. The van der Waals surface area contributed by atoms with E-state index in [9.17, 15) is 8.42 Å². The number of methoxy groups -OCH3 is 1. The highest BCUT2D eigenvalue weighted by Gasteiger charge is 2.27. The first-order valence-electron chi connectivity index (χ1n) is 4.04. The number of ether oxygens (including phenoxy) is 1. The van der Waals surface area contributed by atoms with Gasteiger partial charge in [-0.2, -0.15) is 0 Å². The molecule has 1 aliphatic heterocycles. The number of anilines is 1. The zero-order valence-electron chi connectivity index (χ0n) is 7.65. The van der Waals surface area contributed by atoms with Crippen LogP contribution in [0.15, 0.2) is 6.07 Å². The maximum Gasteiger partial charge on any atom is 0.237 e. The predicted molar refractivity (Wildman–Crippen MR) is 51.5 cm³/mol. The van der Waals surface area contributed by atoms with E-state index in [0.29, 0.717) is 22.8 Å². The minimum Gasteiger partial charge on any atom is -0.480 e. The average molecular weight is 214 g/mol. The van der Waals surface area contributed by atoms with Crippen LogP contribution in [0, 0.1) is 0 Å². The Morgan fingerprint density at radius 2 is 2.21 bits per heavy atom. The first-order valence-corrected chi connectivity index (χ1v) is 5.86. The molecule has 2 N–H and O–H groups in total. The highest BCUT2D eigenvalue weighted by molar-refractivity contribution is 7.90. The van der Waals surface area contributed by atoms with Crippen LogP contribution < -0.4 is 10.5 Å². The summed E-state index contributed by atoms with van der Waals surface area (Å²) < 4.78 is 27.5. The van der Waals surface area contributed by atoms with Gasteiger partial charge >= 0.3 is 0 Å². The Labute approximate surface area is 81.8 Å². The summed E-state index contributed by atoms with van der Waals surface area (Å²) in [6, 6.07) is 1.62. The normalized spacial score (nSPS) is 17.8. The third-order valence-corrected chi connectivity index (χ3v) is 3.57. The Morgan fingerprint density at radius 1 is 1.50 bits per heavy atom. The first kappa shape index (κ1) is 9.26. The van der Waals surface area contributed by atoms with Gasteiger partial charge < -0.3 is 10.5 Å². The molecule has 0 atom stereocenters. The van der Waals surface area contributed by atoms with Crippen molar-refractivity contribution in [3.8, 4) is 5.88 Å². The molecule has 0 amide bonds. The molecule has 5 nitrogen and oxygen atoms in total. The van der Waals surface area contributed by atoms with Gasteiger partial charge in [0.15, 0.2) is 9.84 Å². The van der Waals surface area contributed by atoms with Crippen LogP contribution in [0.1, 0.15) is 11.3 Å². The van der Waals surface area contributed by atoms with Crippen LogP contribution in [-0.4, -0.2) is 20.5 Å². The zero-order chi connectivity index (χ0) is 10.3. The lowest BCUT2D eigenvalue weighted by atomic mass is 10.2. The molecular weight excluding hydrogens is 204 g/mol. The van der Waals surface area contributed by atoms with Crippen LogP contribution in [0.3, 0.4) is 0 Å². The number of sulfone groups is 1. The van der Waals surface area contributed by atoms with E-state index in [4.69, 9.17) is 10.5 Å². The number of aromatic nitrogens is 1. The zero-order valence-corrected chi connectivity index (χ0v) is 8.47. The van der Waals surface area contributed by atoms with E-state index in [1.54, 1.807) is 6.07 Å². The molecule has 0 saturated carbocycles. The van der Waals surface area contributed by atoms with Crippen molar-refractivity contribution >= 4 is 15.5 Å². The SMILES string of the molecule is COc1nc2c(cc1N)CS(=O)(=O)C2. The molecule has 0 radical (unpaired) electrons. The van der Waals surface area contributed by atoms with Crippen molar-refractivity contribution in [2.24, 2.45) is 0 Å². The highest BCUT2D eigenvalue weighted by Crippen LogP contribution is 2.29. The van der Waals surface area contributed by atoms with Crippen molar-refractivity contribution < 1.29 is 13.2 Å². The Morgan fingerprint density at radius 3 is 2.86 bits per heavy atom. The molecule has 0 unspecified atom stereocenters. The van der Waals surface area contributed by atoms with Gasteiger partial charge in [-0.05, 0) is 11.6 Å². The van der Waals surface area contributed by atoms with Gasteiger partial charge in [-0.25, -0.2) is 13.4 Å². The number of nitrogens with two attached hydrogens (primary N) is 1. The Bertz CT molecular complexity index is 482. The number of hydrogen-bond donors (Lipinski definition) is 1. The minimum atomic E-state index is -3.02. The molecule has 0 saturated heterocycles. The van der Waals surface area contributed by atoms with E-state index in [0.717, 1.165) is 0 Å². The summed E-state index contributed by atoms with van der Waals surface area (Å²) in [6.45, 7) is 0. The lowest BCUT2D eigenvalue weighted by Crippen LogP contribution is -1.99. The summed E-state index contributed by atoms with van der Waals surface area (Å²) in [6.07, 6.45) is 0. The predicted octanol–water partition coefficient (Wildman–Crippen LogP) is 0.101. The Hall–Kier alpha value is -1.30. The van der Waals surface area contributed by atoms with E-state index < -0.39 is 9.84 Å². The summed E-state index contributed by atoms with van der Waals surface area (Å²) in [5.74, 6) is 0.309. The molecule has 1 aliphatic rings. The van der Waals surface area contributed by atoms with Crippen molar-refractivity contribution in [1.29, 1.82) is 0 Å². The van der Waals surface area contributed by atoms with Gasteiger partial charge in [0.2, 0.25) is 5.88 Å². The quantitative estimate of drug-likeness (QED) is 0.717. The van der Waals surface area contributed by atoms with Crippen molar-refractivity contribution in [2.75, 3.05) is 12.8 Å². The summed E-state index contributed by atoms with van der Waals surface area (Å²) in [4.78, 5) is 4.04. The van der Waals surface area contributed by atoms with Crippen LogP contribution in [0.5, 0.6) is 5.88 Å². The molecule has 0 fully saturated rings. The molecule has 0 bridgehead atoms. The standard InChI is InChI=1S/C8H10N2O3S/c1-13-8-6(9)2-5-3-14(11,12)4-7(5)10-8/h2H,3-4,9H2,1H3. The monoisotopic (exact) mass is 214 g/mol. The molecule has 0 aromatic carbocycles. The van der Waals surface area contributed by atoms with Crippen molar-refractivity contribution in [2.45, 2.75) is 11.5 Å². The second kappa shape index (κ2) is 2.84. The van der Waals surface area contributed by atoms with Crippen LogP contribution >= 0.6 is 0 Å². The largest absolute Gasteiger partial charge is 0.480 e. The second-order valence-corrected chi connectivity index (χ2v) is 5.29. The number of fused-ring (bicyclic) bond motifs is 1. The van der Waals surface area contributed by atoms with Crippen LogP contribution in [0.4, 0.5) is 5.69 Å². The van der Waals surface area contributed by atoms with E-state index in [1.807, 2.05) is 0 Å². The maximum atomic E-state index is 11.3. The van der Waals surface area contributed by atoms with E-state index in [2.05, 4.69) is 4.98 Å². The van der Waals surface area contributed by atoms with E-state index in [-0.39, 0.29) is 11.5 Å². The summed E-state index contributed by atoms with van der Waals surface area (Å²) in [5.41, 5.74) is 7.22. The maximum absolute atomic E-state index is 11.3. The van der Waals surface area contributed by atoms with Crippen LogP contribution in [-0.2, 0) is 21.3 Å². The summed E-state index contributed by atoms with van der Waals surface area (Å²) >= 11 is 0. The van der Waals surface area contributed by atoms with Gasteiger partial charge in [-0.3, -0.25) is 0 Å². The molecule has 2 rings (SSSR count). The molecule has 1 aromatic heterocycles. The van der Waals surface area contributed by atoms with Gasteiger partial charge in [0.1, 0.15) is 0 Å². The smallest absolute Gasteiger partial charge is 0.237 e. The van der Waals surface area contributed by atoms with E-state index >= 15 is 0 Å². The third kappa shape index (κ3) is 1.41. The fourth-order valence-electron chi connectivity index (χ4n) is 1.50. The van der Waals surface area contributed by atoms with Gasteiger partial charge in [-0.1, -0.05) is 0 Å². The minimum absolute atomic E-state index is 0.0149. The lowest BCUT2D eigenvalue weighted by Gasteiger charge is -2.04. The second-order valence-electron chi connectivity index (χ2n) is 3.22. The lowest BCUT2D eigenvalue weighted by molar-refractivity contribution is 0.399. The van der Waals surface area contributed by atoms with Gasteiger partial charge in [-0.15, -0.1) is 0 Å². The molecule has 0 spiro atoms.